The average Bonchev–Trinajstić information content (AvgIpc) is 3.04. The molecule has 0 fully saturated rings. The van der Waals surface area contributed by atoms with E-state index in [-0.39, 0.29) is 12.6 Å². The zero-order chi connectivity index (χ0) is 17.2. The largest absolute Gasteiger partial charge is 0.433 e. The molecule has 124 valence electrons. The average molecular weight is 352 g/mol. The molecule has 0 saturated heterocycles. The Balaban J connectivity index is 1.85. The molecule has 2 aromatic heterocycles. The molecule has 0 unspecified atom stereocenters. The number of nitrogens with zero attached hydrogens (tertiary/aromatic N) is 3. The first-order valence-electron chi connectivity index (χ1n) is 6.79. The first-order valence-corrected chi connectivity index (χ1v) is 7.60. The molecule has 3 rings (SSSR count). The Morgan fingerprint density at radius 3 is 2.71 bits per heavy atom. The zero-order valence-electron chi connectivity index (χ0n) is 12.1. The van der Waals surface area contributed by atoms with E-state index in [1.165, 1.54) is 11.3 Å². The number of aliphatic hydroxyl groups excluding tert-OH is 1. The van der Waals surface area contributed by atoms with Crippen molar-refractivity contribution in [1.82, 2.24) is 15.0 Å². The lowest BCUT2D eigenvalue weighted by atomic mass is 10.2. The second-order valence-corrected chi connectivity index (χ2v) is 5.86. The number of aliphatic hydroxyl groups is 1. The maximum absolute atomic E-state index is 12.7. The molecule has 0 saturated carbocycles. The van der Waals surface area contributed by atoms with Crippen LogP contribution in [0.5, 0.6) is 0 Å². The highest BCUT2D eigenvalue weighted by Gasteiger charge is 2.32. The van der Waals surface area contributed by atoms with Gasteiger partial charge in [-0.05, 0) is 23.8 Å². The molecule has 0 amide bonds. The van der Waals surface area contributed by atoms with Crippen LogP contribution in [0.4, 0.5) is 24.8 Å². The Bertz CT molecular complexity index is 850. The quantitative estimate of drug-likeness (QED) is 0.746. The van der Waals surface area contributed by atoms with Gasteiger partial charge in [-0.1, -0.05) is 12.1 Å². The first kappa shape index (κ1) is 16.3. The third-order valence-corrected chi connectivity index (χ3v) is 4.07. The maximum atomic E-state index is 12.7. The summed E-state index contributed by atoms with van der Waals surface area (Å²) in [6, 6.07) is 7.85. The van der Waals surface area contributed by atoms with E-state index in [9.17, 15) is 13.2 Å². The predicted octanol–water partition coefficient (Wildman–Crippen LogP) is 3.85. The summed E-state index contributed by atoms with van der Waals surface area (Å²) in [5.74, 6) is -0.137. The van der Waals surface area contributed by atoms with Crippen molar-refractivity contribution in [3.05, 3.63) is 53.4 Å². The van der Waals surface area contributed by atoms with Gasteiger partial charge in [0.25, 0.3) is 0 Å². The van der Waals surface area contributed by atoms with Crippen molar-refractivity contribution in [1.29, 1.82) is 0 Å². The van der Waals surface area contributed by atoms with Gasteiger partial charge in [0.05, 0.1) is 11.5 Å². The van der Waals surface area contributed by atoms with Crippen LogP contribution in [0.25, 0.3) is 10.4 Å². The van der Waals surface area contributed by atoms with Gasteiger partial charge in [-0.15, -0.1) is 11.3 Å². The van der Waals surface area contributed by atoms with Crippen molar-refractivity contribution in [2.45, 2.75) is 12.8 Å². The molecule has 9 heteroatoms. The Hall–Kier alpha value is -2.52. The van der Waals surface area contributed by atoms with E-state index in [4.69, 9.17) is 5.11 Å². The van der Waals surface area contributed by atoms with Crippen molar-refractivity contribution in [3.63, 3.8) is 0 Å². The monoisotopic (exact) mass is 352 g/mol. The Morgan fingerprint density at radius 2 is 2.00 bits per heavy atom. The van der Waals surface area contributed by atoms with E-state index in [1.807, 2.05) is 6.07 Å². The molecule has 0 atom stereocenters. The number of anilines is 2. The van der Waals surface area contributed by atoms with Gasteiger partial charge < -0.3 is 10.4 Å². The normalized spacial score (nSPS) is 11.5. The SMILES string of the molecule is OCc1ncc(-c2cccc(Nc3nccc(C(F)(F)F)n3)c2)s1. The molecule has 0 aliphatic heterocycles. The van der Waals surface area contributed by atoms with Gasteiger partial charge in [-0.25, -0.2) is 15.0 Å². The van der Waals surface area contributed by atoms with E-state index in [0.29, 0.717) is 10.7 Å². The Labute approximate surface area is 138 Å². The van der Waals surface area contributed by atoms with E-state index >= 15 is 0 Å². The van der Waals surface area contributed by atoms with E-state index in [2.05, 4.69) is 20.3 Å². The molecule has 0 bridgehead atoms. The topological polar surface area (TPSA) is 70.9 Å². The first-order chi connectivity index (χ1) is 11.5. The van der Waals surface area contributed by atoms with Gasteiger partial charge >= 0.3 is 6.18 Å². The van der Waals surface area contributed by atoms with Crippen LogP contribution in [0.1, 0.15) is 10.7 Å². The van der Waals surface area contributed by atoms with E-state index < -0.39 is 11.9 Å². The molecule has 2 heterocycles. The summed E-state index contributed by atoms with van der Waals surface area (Å²) in [6.07, 6.45) is -1.83. The molecule has 2 N–H and O–H groups in total. The number of hydrogen-bond donors (Lipinski definition) is 2. The fourth-order valence-corrected chi connectivity index (χ4v) is 2.75. The lowest BCUT2D eigenvalue weighted by Crippen LogP contribution is -2.10. The van der Waals surface area contributed by atoms with Gasteiger partial charge in [0.2, 0.25) is 5.95 Å². The minimum Gasteiger partial charge on any atom is -0.389 e. The molecule has 0 spiro atoms. The summed E-state index contributed by atoms with van der Waals surface area (Å²) in [5, 5.41) is 12.4. The predicted molar refractivity (Wildman–Crippen MR) is 83.8 cm³/mol. The van der Waals surface area contributed by atoms with Gasteiger partial charge in [0.15, 0.2) is 0 Å². The molecule has 5 nitrogen and oxygen atoms in total. The summed E-state index contributed by atoms with van der Waals surface area (Å²) < 4.78 is 38.1. The highest BCUT2D eigenvalue weighted by Crippen LogP contribution is 2.30. The molecule has 0 aliphatic rings. The molecule has 24 heavy (non-hydrogen) atoms. The second-order valence-electron chi connectivity index (χ2n) is 4.75. The van der Waals surface area contributed by atoms with Crippen LogP contribution in [0, 0.1) is 0 Å². The van der Waals surface area contributed by atoms with Crippen molar-refractivity contribution in [2.24, 2.45) is 0 Å². The van der Waals surface area contributed by atoms with Crippen LogP contribution < -0.4 is 5.32 Å². The summed E-state index contributed by atoms with van der Waals surface area (Å²) in [6.45, 7) is -0.138. The minimum absolute atomic E-state index is 0.137. The van der Waals surface area contributed by atoms with Crippen molar-refractivity contribution >= 4 is 23.0 Å². The Kier molecular flexibility index (Phi) is 4.45. The number of thiazole rings is 1. The summed E-state index contributed by atoms with van der Waals surface area (Å²) in [7, 11) is 0. The smallest absolute Gasteiger partial charge is 0.389 e. The number of benzene rings is 1. The molecule has 3 aromatic rings. The number of hydrogen-bond acceptors (Lipinski definition) is 6. The van der Waals surface area contributed by atoms with Gasteiger partial charge in [0.1, 0.15) is 10.7 Å². The van der Waals surface area contributed by atoms with Crippen molar-refractivity contribution in [3.8, 4) is 10.4 Å². The van der Waals surface area contributed by atoms with Crippen LogP contribution in [0.3, 0.4) is 0 Å². The number of aromatic nitrogens is 3. The maximum Gasteiger partial charge on any atom is 0.433 e. The van der Waals surface area contributed by atoms with Crippen molar-refractivity contribution < 1.29 is 18.3 Å². The van der Waals surface area contributed by atoms with E-state index in [0.717, 1.165) is 22.7 Å². The van der Waals surface area contributed by atoms with Crippen LogP contribution in [0.15, 0.2) is 42.7 Å². The number of alkyl halides is 3. The summed E-state index contributed by atoms with van der Waals surface area (Å²) >= 11 is 1.34. The van der Waals surface area contributed by atoms with Gasteiger partial charge in [-0.3, -0.25) is 0 Å². The highest BCUT2D eigenvalue weighted by atomic mass is 32.1. The molecule has 0 aliphatic carbocycles. The fraction of sp³-hybridized carbons (Fsp3) is 0.133. The molecular weight excluding hydrogens is 341 g/mol. The molecule has 1 aromatic carbocycles. The van der Waals surface area contributed by atoms with Crippen LogP contribution in [0.2, 0.25) is 0 Å². The van der Waals surface area contributed by atoms with Crippen molar-refractivity contribution in [2.75, 3.05) is 5.32 Å². The van der Waals surface area contributed by atoms with Gasteiger partial charge in [0, 0.05) is 18.1 Å². The number of halogens is 3. The second kappa shape index (κ2) is 6.54. The fourth-order valence-electron chi connectivity index (χ4n) is 1.97. The number of nitrogens with one attached hydrogen (secondary N) is 1. The van der Waals surface area contributed by atoms with Crippen LogP contribution in [-0.2, 0) is 12.8 Å². The lowest BCUT2D eigenvalue weighted by molar-refractivity contribution is -0.141. The van der Waals surface area contributed by atoms with Gasteiger partial charge in [-0.2, -0.15) is 13.2 Å². The van der Waals surface area contributed by atoms with Crippen LogP contribution in [-0.4, -0.2) is 20.1 Å². The zero-order valence-corrected chi connectivity index (χ0v) is 12.9. The molecular formula is C15H11F3N4OS. The Morgan fingerprint density at radius 1 is 1.17 bits per heavy atom. The third kappa shape index (κ3) is 3.69. The summed E-state index contributed by atoms with van der Waals surface area (Å²) in [5.41, 5.74) is 0.362. The minimum atomic E-state index is -4.52. The van der Waals surface area contributed by atoms with E-state index in [1.54, 1.807) is 24.4 Å². The lowest BCUT2D eigenvalue weighted by Gasteiger charge is -2.09. The standard InChI is InChI=1S/C15H11F3N4OS/c16-15(17,18)12-4-5-19-14(22-12)21-10-3-1-2-9(6-10)11-7-20-13(8-23)24-11/h1-7,23H,8H2,(H,19,21,22). The number of rotatable bonds is 4. The third-order valence-electron chi connectivity index (χ3n) is 3.04. The summed E-state index contributed by atoms with van der Waals surface area (Å²) in [4.78, 5) is 12.2. The highest BCUT2D eigenvalue weighted by molar-refractivity contribution is 7.15. The van der Waals surface area contributed by atoms with Crippen LogP contribution >= 0.6 is 11.3 Å². The molecule has 0 radical (unpaired) electrons.